The zero-order chi connectivity index (χ0) is 20.4. The molecule has 28 heavy (non-hydrogen) atoms. The van der Waals surface area contributed by atoms with Gasteiger partial charge in [-0.2, -0.15) is 0 Å². The van der Waals surface area contributed by atoms with E-state index in [0.29, 0.717) is 11.3 Å². The number of rotatable bonds is 10. The van der Waals surface area contributed by atoms with E-state index < -0.39 is 0 Å². The molecule has 2 N–H and O–H groups in total. The van der Waals surface area contributed by atoms with Crippen LogP contribution in [-0.4, -0.2) is 43.5 Å². The van der Waals surface area contributed by atoms with Crippen molar-refractivity contribution in [3.8, 4) is 5.75 Å². The number of anilines is 2. The molecule has 0 aliphatic carbocycles. The lowest BCUT2D eigenvalue weighted by Crippen LogP contribution is -2.32. The molecule has 0 aliphatic rings. The van der Waals surface area contributed by atoms with Gasteiger partial charge in [-0.25, -0.2) is 0 Å². The van der Waals surface area contributed by atoms with Gasteiger partial charge in [0.15, 0.2) is 0 Å². The van der Waals surface area contributed by atoms with Crippen molar-refractivity contribution >= 4 is 23.2 Å². The molecule has 0 aliphatic heterocycles. The van der Waals surface area contributed by atoms with Crippen LogP contribution in [0.1, 0.15) is 37.0 Å². The van der Waals surface area contributed by atoms with Gasteiger partial charge in [-0.1, -0.05) is 13.8 Å². The summed E-state index contributed by atoms with van der Waals surface area (Å²) < 4.78 is 5.11. The summed E-state index contributed by atoms with van der Waals surface area (Å²) in [5, 5.41) is 5.89. The van der Waals surface area contributed by atoms with Gasteiger partial charge in [-0.05, 0) is 61.4 Å². The zero-order valence-electron chi connectivity index (χ0n) is 16.8. The van der Waals surface area contributed by atoms with E-state index in [2.05, 4.69) is 24.5 Å². The minimum Gasteiger partial charge on any atom is -0.497 e. The minimum atomic E-state index is -0.159. The van der Waals surface area contributed by atoms with Crippen LogP contribution in [0.2, 0.25) is 0 Å². The van der Waals surface area contributed by atoms with Crippen LogP contribution in [0.15, 0.2) is 48.5 Å². The first-order valence-electron chi connectivity index (χ1n) is 9.64. The normalized spacial score (nSPS) is 10.2. The highest BCUT2D eigenvalue weighted by Gasteiger charge is 2.14. The van der Waals surface area contributed by atoms with Crippen LogP contribution in [0, 0.1) is 0 Å². The number of carbonyl (C=O) groups excluding carboxylic acids is 2. The maximum Gasteiger partial charge on any atom is 0.253 e. The molecule has 0 aromatic heterocycles. The predicted molar refractivity (Wildman–Crippen MR) is 113 cm³/mol. The molecule has 0 unspecified atom stereocenters. The first kappa shape index (κ1) is 21.3. The van der Waals surface area contributed by atoms with Gasteiger partial charge in [-0.15, -0.1) is 0 Å². The Balaban J connectivity index is 1.88. The first-order valence-corrected chi connectivity index (χ1v) is 9.64. The minimum absolute atomic E-state index is 0.0303. The lowest BCUT2D eigenvalue weighted by atomic mass is 10.1. The molecule has 0 saturated heterocycles. The molecule has 2 aromatic carbocycles. The lowest BCUT2D eigenvalue weighted by molar-refractivity contribution is -0.114. The molecular formula is C22H29N3O3. The number of hydrogen-bond acceptors (Lipinski definition) is 4. The fraction of sp³-hybridized carbons (Fsp3) is 0.364. The second-order valence-electron chi connectivity index (χ2n) is 6.50. The van der Waals surface area contributed by atoms with Crippen LogP contribution >= 0.6 is 0 Å². The Morgan fingerprint density at radius 2 is 1.46 bits per heavy atom. The molecule has 0 bridgehead atoms. The smallest absolute Gasteiger partial charge is 0.253 e. The van der Waals surface area contributed by atoms with Gasteiger partial charge in [0.05, 0.1) is 13.7 Å². The van der Waals surface area contributed by atoms with Crippen LogP contribution in [0.25, 0.3) is 0 Å². The van der Waals surface area contributed by atoms with E-state index in [-0.39, 0.29) is 18.4 Å². The molecule has 0 heterocycles. The van der Waals surface area contributed by atoms with Crippen LogP contribution in [0.3, 0.4) is 0 Å². The highest BCUT2D eigenvalue weighted by molar-refractivity contribution is 5.96. The van der Waals surface area contributed by atoms with Crippen molar-refractivity contribution < 1.29 is 14.3 Å². The molecule has 0 saturated carbocycles. The third kappa shape index (κ3) is 6.30. The Labute approximate surface area is 166 Å². The Hall–Kier alpha value is -3.02. The number of nitrogens with one attached hydrogen (secondary N) is 2. The zero-order valence-corrected chi connectivity index (χ0v) is 16.8. The molecule has 2 rings (SSSR count). The van der Waals surface area contributed by atoms with E-state index >= 15 is 0 Å². The summed E-state index contributed by atoms with van der Waals surface area (Å²) in [4.78, 5) is 26.6. The number of ether oxygens (including phenoxy) is 1. The first-order chi connectivity index (χ1) is 13.6. The lowest BCUT2D eigenvalue weighted by Gasteiger charge is -2.21. The van der Waals surface area contributed by atoms with Gasteiger partial charge in [-0.3, -0.25) is 9.59 Å². The molecule has 2 aromatic rings. The van der Waals surface area contributed by atoms with Crippen molar-refractivity contribution in [2.45, 2.75) is 26.7 Å². The summed E-state index contributed by atoms with van der Waals surface area (Å²) in [5.74, 6) is 0.636. The van der Waals surface area contributed by atoms with Crippen LogP contribution in [0.4, 0.5) is 11.4 Å². The Morgan fingerprint density at radius 3 is 2.00 bits per heavy atom. The van der Waals surface area contributed by atoms with Crippen molar-refractivity contribution in [1.29, 1.82) is 0 Å². The van der Waals surface area contributed by atoms with Crippen molar-refractivity contribution in [2.24, 2.45) is 0 Å². The van der Waals surface area contributed by atoms with Gasteiger partial charge in [0.25, 0.3) is 5.91 Å². The molecule has 6 heteroatoms. The summed E-state index contributed by atoms with van der Waals surface area (Å²) in [6.07, 6.45) is 1.86. The third-order valence-corrected chi connectivity index (χ3v) is 4.23. The number of methoxy groups -OCH3 is 1. The summed E-state index contributed by atoms with van der Waals surface area (Å²) in [5.41, 5.74) is 2.13. The monoisotopic (exact) mass is 383 g/mol. The van der Waals surface area contributed by atoms with Crippen molar-refractivity contribution in [2.75, 3.05) is 37.4 Å². The van der Waals surface area contributed by atoms with Crippen molar-refractivity contribution in [3.05, 3.63) is 54.1 Å². The Bertz CT molecular complexity index is 752. The summed E-state index contributed by atoms with van der Waals surface area (Å²) >= 11 is 0. The third-order valence-electron chi connectivity index (χ3n) is 4.23. The number of benzene rings is 2. The molecule has 0 fully saturated rings. The van der Waals surface area contributed by atoms with E-state index in [9.17, 15) is 9.59 Å². The molecule has 0 radical (unpaired) electrons. The molecule has 2 amide bonds. The number of amides is 2. The van der Waals surface area contributed by atoms with Gasteiger partial charge < -0.3 is 20.3 Å². The fourth-order valence-electron chi connectivity index (χ4n) is 2.83. The SMILES string of the molecule is CCCN(CCC)C(=O)c1ccc(NC(=O)CNc2ccc(OC)cc2)cc1. The van der Waals surface area contributed by atoms with E-state index in [1.165, 1.54) is 0 Å². The molecule has 150 valence electrons. The van der Waals surface area contributed by atoms with Gasteiger partial charge >= 0.3 is 0 Å². The van der Waals surface area contributed by atoms with Crippen molar-refractivity contribution in [3.63, 3.8) is 0 Å². The predicted octanol–water partition coefficient (Wildman–Crippen LogP) is 4.01. The Morgan fingerprint density at radius 1 is 0.893 bits per heavy atom. The molecule has 0 spiro atoms. The van der Waals surface area contributed by atoms with Gasteiger partial charge in [0.2, 0.25) is 5.91 Å². The highest BCUT2D eigenvalue weighted by atomic mass is 16.5. The van der Waals surface area contributed by atoms with Crippen LogP contribution in [-0.2, 0) is 4.79 Å². The maximum absolute atomic E-state index is 12.6. The summed E-state index contributed by atoms with van der Waals surface area (Å²) in [7, 11) is 1.61. The van der Waals surface area contributed by atoms with Crippen LogP contribution < -0.4 is 15.4 Å². The second-order valence-corrected chi connectivity index (χ2v) is 6.50. The largest absolute Gasteiger partial charge is 0.497 e. The number of hydrogen-bond donors (Lipinski definition) is 2. The molecular weight excluding hydrogens is 354 g/mol. The fourth-order valence-corrected chi connectivity index (χ4v) is 2.83. The van der Waals surface area contributed by atoms with E-state index in [4.69, 9.17) is 4.74 Å². The average Bonchev–Trinajstić information content (AvgIpc) is 2.72. The standard InChI is InChI=1S/C22H29N3O3/c1-4-14-25(15-5-2)22(27)17-6-8-19(9-7-17)24-21(26)16-23-18-10-12-20(28-3)13-11-18/h6-13,23H,4-5,14-16H2,1-3H3,(H,24,26). The maximum atomic E-state index is 12.6. The highest BCUT2D eigenvalue weighted by Crippen LogP contribution is 2.15. The quantitative estimate of drug-likeness (QED) is 0.650. The van der Waals surface area contributed by atoms with E-state index in [0.717, 1.165) is 37.4 Å². The van der Waals surface area contributed by atoms with Gasteiger partial charge in [0.1, 0.15) is 5.75 Å². The summed E-state index contributed by atoms with van der Waals surface area (Å²) in [6, 6.07) is 14.4. The molecule has 6 nitrogen and oxygen atoms in total. The van der Waals surface area contributed by atoms with Crippen LogP contribution in [0.5, 0.6) is 5.75 Å². The number of carbonyl (C=O) groups is 2. The summed E-state index contributed by atoms with van der Waals surface area (Å²) in [6.45, 7) is 5.78. The van der Waals surface area contributed by atoms with Crippen molar-refractivity contribution in [1.82, 2.24) is 4.90 Å². The number of nitrogens with zero attached hydrogens (tertiary/aromatic N) is 1. The second kappa shape index (κ2) is 11.0. The average molecular weight is 383 g/mol. The topological polar surface area (TPSA) is 70.7 Å². The van der Waals surface area contributed by atoms with E-state index in [1.54, 1.807) is 31.4 Å². The Kier molecular flexibility index (Phi) is 8.34. The molecule has 0 atom stereocenters. The van der Waals surface area contributed by atoms with E-state index in [1.807, 2.05) is 29.2 Å². The van der Waals surface area contributed by atoms with Gasteiger partial charge in [0, 0.05) is 30.0 Å².